The SMILES string of the molecule is COc1ccc(F)c(C(O)C(O)CCBr)c1. The maximum atomic E-state index is 13.4. The second-order valence-electron chi connectivity index (χ2n) is 3.38. The van der Waals surface area contributed by atoms with Gasteiger partial charge in [-0.3, -0.25) is 0 Å². The number of ether oxygens (including phenoxy) is 1. The number of hydrogen-bond acceptors (Lipinski definition) is 3. The van der Waals surface area contributed by atoms with E-state index in [-0.39, 0.29) is 5.56 Å². The van der Waals surface area contributed by atoms with Crippen molar-refractivity contribution in [3.63, 3.8) is 0 Å². The summed E-state index contributed by atoms with van der Waals surface area (Å²) in [6, 6.07) is 4.05. The first-order valence-corrected chi connectivity index (χ1v) is 5.97. The lowest BCUT2D eigenvalue weighted by molar-refractivity contribution is 0.0152. The molecule has 0 saturated carbocycles. The van der Waals surface area contributed by atoms with Crippen molar-refractivity contribution in [1.29, 1.82) is 0 Å². The molecule has 0 aliphatic carbocycles. The van der Waals surface area contributed by atoms with E-state index in [1.807, 2.05) is 0 Å². The first kappa shape index (κ1) is 13.4. The molecular weight excluding hydrogens is 279 g/mol. The van der Waals surface area contributed by atoms with Crippen LogP contribution in [0.25, 0.3) is 0 Å². The van der Waals surface area contributed by atoms with Gasteiger partial charge in [0, 0.05) is 10.9 Å². The smallest absolute Gasteiger partial charge is 0.129 e. The first-order valence-electron chi connectivity index (χ1n) is 4.85. The molecular formula is C11H14BrFO3. The van der Waals surface area contributed by atoms with Crippen LogP contribution >= 0.6 is 15.9 Å². The highest BCUT2D eigenvalue weighted by Crippen LogP contribution is 2.26. The van der Waals surface area contributed by atoms with Crippen molar-refractivity contribution in [3.8, 4) is 5.75 Å². The molecule has 0 saturated heterocycles. The first-order chi connectivity index (χ1) is 7.60. The Morgan fingerprint density at radius 2 is 2.12 bits per heavy atom. The predicted octanol–water partition coefficient (Wildman–Crippen LogP) is 2.01. The molecule has 2 unspecified atom stereocenters. The molecule has 0 bridgehead atoms. The molecule has 1 aromatic rings. The van der Waals surface area contributed by atoms with Crippen molar-refractivity contribution in [2.75, 3.05) is 12.4 Å². The summed E-state index contributed by atoms with van der Waals surface area (Å²) >= 11 is 3.15. The molecule has 0 spiro atoms. The highest BCUT2D eigenvalue weighted by molar-refractivity contribution is 9.09. The van der Waals surface area contributed by atoms with Gasteiger partial charge in [0.15, 0.2) is 0 Å². The summed E-state index contributed by atoms with van der Waals surface area (Å²) in [5.74, 6) is -0.108. The average molecular weight is 293 g/mol. The number of aliphatic hydroxyl groups excluding tert-OH is 2. The molecule has 3 nitrogen and oxygen atoms in total. The van der Waals surface area contributed by atoms with Gasteiger partial charge in [-0.25, -0.2) is 4.39 Å². The van der Waals surface area contributed by atoms with Crippen LogP contribution in [0.5, 0.6) is 5.75 Å². The molecule has 0 aliphatic rings. The molecule has 0 amide bonds. The maximum absolute atomic E-state index is 13.4. The number of aliphatic hydroxyl groups is 2. The number of halogens is 2. The number of rotatable bonds is 5. The number of hydrogen-bond donors (Lipinski definition) is 2. The Labute approximate surface area is 102 Å². The second kappa shape index (κ2) is 6.18. The average Bonchev–Trinajstić information content (AvgIpc) is 2.29. The Balaban J connectivity index is 2.92. The van der Waals surface area contributed by atoms with Crippen molar-refractivity contribution in [3.05, 3.63) is 29.6 Å². The zero-order valence-electron chi connectivity index (χ0n) is 8.86. The fourth-order valence-corrected chi connectivity index (χ4v) is 1.82. The molecule has 0 radical (unpaired) electrons. The Morgan fingerprint density at radius 3 is 2.69 bits per heavy atom. The predicted molar refractivity (Wildman–Crippen MR) is 62.3 cm³/mol. The summed E-state index contributed by atoms with van der Waals surface area (Å²) in [5.41, 5.74) is 0.0489. The Hall–Kier alpha value is -0.650. The standard InChI is InChI=1S/C11H14BrFO3/c1-16-7-2-3-9(13)8(6-7)11(15)10(14)4-5-12/h2-3,6,10-11,14-15H,4-5H2,1H3. The van der Waals surface area contributed by atoms with Crippen LogP contribution in [0.15, 0.2) is 18.2 Å². The van der Waals surface area contributed by atoms with E-state index in [9.17, 15) is 14.6 Å². The minimum absolute atomic E-state index is 0.0489. The maximum Gasteiger partial charge on any atom is 0.129 e. The highest BCUT2D eigenvalue weighted by Gasteiger charge is 2.21. The normalized spacial score (nSPS) is 14.6. The number of benzene rings is 1. The molecule has 90 valence electrons. The molecule has 0 fully saturated rings. The van der Waals surface area contributed by atoms with Gasteiger partial charge >= 0.3 is 0 Å². The summed E-state index contributed by atoms with van der Waals surface area (Å²) < 4.78 is 18.3. The lowest BCUT2D eigenvalue weighted by atomic mass is 10.0. The van der Waals surface area contributed by atoms with Crippen molar-refractivity contribution in [2.45, 2.75) is 18.6 Å². The second-order valence-corrected chi connectivity index (χ2v) is 4.17. The molecule has 0 aromatic heterocycles. The van der Waals surface area contributed by atoms with E-state index < -0.39 is 18.0 Å². The van der Waals surface area contributed by atoms with E-state index in [0.717, 1.165) is 0 Å². The van der Waals surface area contributed by atoms with Crippen LogP contribution in [0.3, 0.4) is 0 Å². The highest BCUT2D eigenvalue weighted by atomic mass is 79.9. The van der Waals surface area contributed by atoms with Crippen LogP contribution in [0.4, 0.5) is 4.39 Å². The fourth-order valence-electron chi connectivity index (χ4n) is 1.35. The molecule has 0 heterocycles. The Bertz CT molecular complexity index is 346. The minimum atomic E-state index is -1.24. The summed E-state index contributed by atoms with van der Waals surface area (Å²) in [7, 11) is 1.46. The van der Waals surface area contributed by atoms with Crippen molar-refractivity contribution < 1.29 is 19.3 Å². The van der Waals surface area contributed by atoms with Crippen LogP contribution < -0.4 is 4.74 Å². The summed E-state index contributed by atoms with van der Waals surface area (Å²) in [6.45, 7) is 0. The third-order valence-electron chi connectivity index (χ3n) is 2.29. The van der Waals surface area contributed by atoms with Gasteiger partial charge < -0.3 is 14.9 Å². The largest absolute Gasteiger partial charge is 0.497 e. The molecule has 2 atom stereocenters. The summed E-state index contributed by atoms with van der Waals surface area (Å²) in [6.07, 6.45) is -1.90. The Morgan fingerprint density at radius 1 is 1.44 bits per heavy atom. The van der Waals surface area contributed by atoms with Gasteiger partial charge in [-0.05, 0) is 24.6 Å². The van der Waals surface area contributed by atoms with Crippen LogP contribution in [0, 0.1) is 5.82 Å². The van der Waals surface area contributed by atoms with E-state index in [1.54, 1.807) is 0 Å². The minimum Gasteiger partial charge on any atom is -0.497 e. The Kier molecular flexibility index (Phi) is 5.18. The van der Waals surface area contributed by atoms with Crippen LogP contribution in [-0.2, 0) is 0 Å². The van der Waals surface area contributed by atoms with E-state index in [4.69, 9.17) is 4.74 Å². The van der Waals surface area contributed by atoms with Gasteiger partial charge in [0.05, 0.1) is 13.2 Å². The number of alkyl halides is 1. The van der Waals surface area contributed by atoms with Gasteiger partial charge in [-0.2, -0.15) is 0 Å². The summed E-state index contributed by atoms with van der Waals surface area (Å²) in [4.78, 5) is 0. The third kappa shape index (κ3) is 3.17. The monoisotopic (exact) mass is 292 g/mol. The fraction of sp³-hybridized carbons (Fsp3) is 0.455. The molecule has 16 heavy (non-hydrogen) atoms. The van der Waals surface area contributed by atoms with Gasteiger partial charge in [-0.15, -0.1) is 0 Å². The zero-order valence-corrected chi connectivity index (χ0v) is 10.4. The van der Waals surface area contributed by atoms with E-state index in [1.165, 1.54) is 25.3 Å². The molecule has 1 rings (SSSR count). The lowest BCUT2D eigenvalue weighted by Crippen LogP contribution is -2.19. The lowest BCUT2D eigenvalue weighted by Gasteiger charge is -2.18. The van der Waals surface area contributed by atoms with Crippen molar-refractivity contribution in [1.82, 2.24) is 0 Å². The van der Waals surface area contributed by atoms with Gasteiger partial charge in [-0.1, -0.05) is 15.9 Å². The van der Waals surface area contributed by atoms with Crippen LogP contribution in [0.2, 0.25) is 0 Å². The number of methoxy groups -OCH3 is 1. The van der Waals surface area contributed by atoms with Crippen LogP contribution in [-0.4, -0.2) is 28.8 Å². The van der Waals surface area contributed by atoms with Gasteiger partial charge in [0.25, 0.3) is 0 Å². The van der Waals surface area contributed by atoms with Gasteiger partial charge in [0.1, 0.15) is 17.7 Å². The topological polar surface area (TPSA) is 49.7 Å². The van der Waals surface area contributed by atoms with Gasteiger partial charge in [0.2, 0.25) is 0 Å². The van der Waals surface area contributed by atoms with Crippen LogP contribution in [0.1, 0.15) is 18.1 Å². The van der Waals surface area contributed by atoms with E-state index >= 15 is 0 Å². The van der Waals surface area contributed by atoms with E-state index in [2.05, 4.69) is 15.9 Å². The van der Waals surface area contributed by atoms with E-state index in [0.29, 0.717) is 17.5 Å². The molecule has 1 aromatic carbocycles. The quantitative estimate of drug-likeness (QED) is 0.817. The zero-order chi connectivity index (χ0) is 12.1. The van der Waals surface area contributed by atoms with Crippen molar-refractivity contribution in [2.24, 2.45) is 0 Å². The summed E-state index contributed by atoms with van der Waals surface area (Å²) in [5, 5.41) is 19.9. The third-order valence-corrected chi connectivity index (χ3v) is 2.75. The van der Waals surface area contributed by atoms with Crippen molar-refractivity contribution >= 4 is 15.9 Å². The molecule has 2 N–H and O–H groups in total. The molecule has 5 heteroatoms. The molecule has 0 aliphatic heterocycles.